The van der Waals surface area contributed by atoms with Crippen LogP contribution in [-0.2, 0) is 4.79 Å². The maximum atomic E-state index is 11.9. The highest BCUT2D eigenvalue weighted by Crippen LogP contribution is 2.45. The number of ether oxygens (including phenoxy) is 1. The predicted molar refractivity (Wildman–Crippen MR) is 76.2 cm³/mol. The second-order valence-corrected chi connectivity index (χ2v) is 6.14. The van der Waals surface area contributed by atoms with Gasteiger partial charge in [-0.25, -0.2) is 0 Å². The van der Waals surface area contributed by atoms with Crippen molar-refractivity contribution < 1.29 is 9.53 Å². The minimum Gasteiger partial charge on any atom is -0.497 e. The van der Waals surface area contributed by atoms with Gasteiger partial charge in [-0.3, -0.25) is 4.79 Å². The van der Waals surface area contributed by atoms with Crippen molar-refractivity contribution in [3.05, 3.63) is 24.3 Å². The van der Waals surface area contributed by atoms with Crippen molar-refractivity contribution in [1.29, 1.82) is 0 Å². The van der Waals surface area contributed by atoms with Crippen molar-refractivity contribution in [3.8, 4) is 5.75 Å². The van der Waals surface area contributed by atoms with Gasteiger partial charge in [0.1, 0.15) is 11.3 Å². The van der Waals surface area contributed by atoms with Gasteiger partial charge in [0.05, 0.1) is 7.11 Å². The zero-order chi connectivity index (χ0) is 14.1. The summed E-state index contributed by atoms with van der Waals surface area (Å²) in [7, 11) is 1.63. The first kappa shape index (κ1) is 13.7. The molecule has 0 aliphatic heterocycles. The van der Waals surface area contributed by atoms with Crippen LogP contribution in [0.2, 0.25) is 0 Å². The molecule has 1 fully saturated rings. The summed E-state index contributed by atoms with van der Waals surface area (Å²) < 4.78 is 5.20. The van der Waals surface area contributed by atoms with Gasteiger partial charge in [0.25, 0.3) is 0 Å². The molecule has 0 bridgehead atoms. The zero-order valence-corrected chi connectivity index (χ0v) is 11.8. The maximum Gasteiger partial charge on any atom is 0.243 e. The molecule has 4 heteroatoms. The molecule has 0 spiro atoms. The molecule has 1 unspecified atom stereocenters. The number of hydrogen-bond acceptors (Lipinski definition) is 3. The van der Waals surface area contributed by atoms with Crippen molar-refractivity contribution >= 4 is 11.6 Å². The van der Waals surface area contributed by atoms with Gasteiger partial charge in [-0.15, -0.1) is 0 Å². The van der Waals surface area contributed by atoms with Gasteiger partial charge in [0.15, 0.2) is 0 Å². The van der Waals surface area contributed by atoms with Crippen LogP contribution in [0.5, 0.6) is 5.75 Å². The van der Waals surface area contributed by atoms with Crippen LogP contribution < -0.4 is 15.8 Å². The Bertz CT molecular complexity index is 485. The highest BCUT2D eigenvalue weighted by Gasteiger charge is 2.47. The number of methoxy groups -OCH3 is 1. The van der Waals surface area contributed by atoms with E-state index in [1.165, 1.54) is 0 Å². The first-order chi connectivity index (χ1) is 8.87. The molecule has 0 heterocycles. The fourth-order valence-corrected chi connectivity index (χ4v) is 2.90. The van der Waals surface area contributed by atoms with E-state index in [0.29, 0.717) is 0 Å². The highest BCUT2D eigenvalue weighted by molar-refractivity contribution is 5.88. The normalized spacial score (nSPS) is 25.0. The molecule has 19 heavy (non-hydrogen) atoms. The summed E-state index contributed by atoms with van der Waals surface area (Å²) in [5.74, 6) is 0.489. The van der Waals surface area contributed by atoms with Crippen LogP contribution in [0.1, 0.15) is 33.1 Å². The summed E-state index contributed by atoms with van der Waals surface area (Å²) in [5, 5.41) is 3.33. The summed E-state index contributed by atoms with van der Waals surface area (Å²) in [5.41, 5.74) is 6.01. The van der Waals surface area contributed by atoms with Gasteiger partial charge in [0, 0.05) is 11.8 Å². The van der Waals surface area contributed by atoms with E-state index in [4.69, 9.17) is 10.5 Å². The Balaban J connectivity index is 2.25. The molecule has 1 aliphatic rings. The number of nitrogens with one attached hydrogen (secondary N) is 1. The quantitative estimate of drug-likeness (QED) is 0.876. The van der Waals surface area contributed by atoms with E-state index in [1.54, 1.807) is 7.11 Å². The molecule has 104 valence electrons. The molecule has 2 rings (SSSR count). The molecule has 4 nitrogen and oxygen atoms in total. The number of rotatable bonds is 4. The Kier molecular flexibility index (Phi) is 3.43. The Morgan fingerprint density at radius 3 is 2.63 bits per heavy atom. The van der Waals surface area contributed by atoms with Crippen molar-refractivity contribution in [3.63, 3.8) is 0 Å². The summed E-state index contributed by atoms with van der Waals surface area (Å²) in [6.07, 6.45) is 2.52. The first-order valence-electron chi connectivity index (χ1n) is 6.59. The van der Waals surface area contributed by atoms with Crippen molar-refractivity contribution in [1.82, 2.24) is 0 Å². The molecule has 1 amide bonds. The molecule has 0 aromatic heterocycles. The third-order valence-electron chi connectivity index (χ3n) is 3.93. The standard InChI is InChI=1S/C15H22N2O2/c1-14(2)7-8-15(10-14,13(16)18)17-11-5-4-6-12(9-11)19-3/h4-6,9,17H,7-8,10H2,1-3H3,(H2,16,18). The number of benzene rings is 1. The van der Waals surface area contributed by atoms with Gasteiger partial charge in [-0.05, 0) is 36.8 Å². The molecular formula is C15H22N2O2. The fourth-order valence-electron chi connectivity index (χ4n) is 2.90. The van der Waals surface area contributed by atoms with Gasteiger partial charge < -0.3 is 15.8 Å². The van der Waals surface area contributed by atoms with E-state index >= 15 is 0 Å². The number of carbonyl (C=O) groups is 1. The first-order valence-corrected chi connectivity index (χ1v) is 6.59. The Morgan fingerprint density at radius 2 is 2.11 bits per heavy atom. The van der Waals surface area contributed by atoms with Crippen molar-refractivity contribution in [2.75, 3.05) is 12.4 Å². The second kappa shape index (κ2) is 4.76. The minimum absolute atomic E-state index is 0.140. The molecule has 1 saturated carbocycles. The smallest absolute Gasteiger partial charge is 0.243 e. The molecule has 0 saturated heterocycles. The highest BCUT2D eigenvalue weighted by atomic mass is 16.5. The van der Waals surface area contributed by atoms with Crippen LogP contribution in [0, 0.1) is 5.41 Å². The maximum absolute atomic E-state index is 11.9. The summed E-state index contributed by atoms with van der Waals surface area (Å²) in [4.78, 5) is 11.9. The van der Waals surface area contributed by atoms with Gasteiger partial charge in [-0.1, -0.05) is 19.9 Å². The van der Waals surface area contributed by atoms with Crippen molar-refractivity contribution in [2.45, 2.75) is 38.6 Å². The van der Waals surface area contributed by atoms with Crippen LogP contribution >= 0.6 is 0 Å². The fraction of sp³-hybridized carbons (Fsp3) is 0.533. The number of nitrogens with two attached hydrogens (primary N) is 1. The van der Waals surface area contributed by atoms with Gasteiger partial charge in [-0.2, -0.15) is 0 Å². The largest absolute Gasteiger partial charge is 0.497 e. The Morgan fingerprint density at radius 1 is 1.37 bits per heavy atom. The lowest BCUT2D eigenvalue weighted by Crippen LogP contribution is -2.49. The second-order valence-electron chi connectivity index (χ2n) is 6.14. The number of hydrogen-bond donors (Lipinski definition) is 2. The SMILES string of the molecule is COc1cccc(NC2(C(N)=O)CCC(C)(C)C2)c1. The zero-order valence-electron chi connectivity index (χ0n) is 11.8. The van der Waals surface area contributed by atoms with Crippen molar-refractivity contribution in [2.24, 2.45) is 11.1 Å². The Labute approximate surface area is 114 Å². The van der Waals surface area contributed by atoms with E-state index in [9.17, 15) is 4.79 Å². The monoisotopic (exact) mass is 262 g/mol. The van der Waals surface area contributed by atoms with Gasteiger partial charge >= 0.3 is 0 Å². The third-order valence-corrected chi connectivity index (χ3v) is 3.93. The van der Waals surface area contributed by atoms with Crippen LogP contribution in [0.3, 0.4) is 0 Å². The molecule has 3 N–H and O–H groups in total. The Hall–Kier alpha value is -1.71. The van der Waals surface area contributed by atoms with E-state index < -0.39 is 5.54 Å². The lowest BCUT2D eigenvalue weighted by Gasteiger charge is -2.30. The molecule has 1 aromatic carbocycles. The lowest BCUT2D eigenvalue weighted by atomic mass is 9.87. The molecule has 0 radical (unpaired) electrons. The molecule has 1 aliphatic carbocycles. The van der Waals surface area contributed by atoms with E-state index in [0.717, 1.165) is 30.7 Å². The van der Waals surface area contributed by atoms with E-state index in [2.05, 4.69) is 19.2 Å². The summed E-state index contributed by atoms with van der Waals surface area (Å²) in [6, 6.07) is 7.59. The molecule has 1 aromatic rings. The van der Waals surface area contributed by atoms with Crippen LogP contribution in [0.25, 0.3) is 0 Å². The van der Waals surface area contributed by atoms with E-state index in [1.807, 2.05) is 24.3 Å². The average molecular weight is 262 g/mol. The molecule has 1 atom stereocenters. The number of primary amides is 1. The molecular weight excluding hydrogens is 240 g/mol. The average Bonchev–Trinajstić information content (AvgIpc) is 2.66. The van der Waals surface area contributed by atoms with Crippen LogP contribution in [-0.4, -0.2) is 18.6 Å². The van der Waals surface area contributed by atoms with E-state index in [-0.39, 0.29) is 11.3 Å². The summed E-state index contributed by atoms with van der Waals surface area (Å²) in [6.45, 7) is 4.34. The lowest BCUT2D eigenvalue weighted by molar-refractivity contribution is -0.122. The third kappa shape index (κ3) is 2.83. The minimum atomic E-state index is -0.643. The van der Waals surface area contributed by atoms with Gasteiger partial charge in [0.2, 0.25) is 5.91 Å². The number of carbonyl (C=O) groups excluding carboxylic acids is 1. The predicted octanol–water partition coefficient (Wildman–Crippen LogP) is 2.54. The summed E-state index contributed by atoms with van der Waals surface area (Å²) >= 11 is 0. The van der Waals surface area contributed by atoms with Crippen LogP contribution in [0.15, 0.2) is 24.3 Å². The van der Waals surface area contributed by atoms with Crippen LogP contribution in [0.4, 0.5) is 5.69 Å². The number of anilines is 1. The topological polar surface area (TPSA) is 64.3 Å². The number of amides is 1.